The molecule has 1 N–H and O–H groups in total. The van der Waals surface area contributed by atoms with Crippen LogP contribution in [0, 0.1) is 5.82 Å². The van der Waals surface area contributed by atoms with Crippen molar-refractivity contribution in [2.24, 2.45) is 0 Å². The topological polar surface area (TPSA) is 38.3 Å². The molecule has 0 bridgehead atoms. The summed E-state index contributed by atoms with van der Waals surface area (Å²) < 4.78 is 18.9. The van der Waals surface area contributed by atoms with Gasteiger partial charge >= 0.3 is 5.97 Å². The highest BCUT2D eigenvalue weighted by atomic mass is 79.9. The number of carbonyl (C=O) groups is 1. The van der Waals surface area contributed by atoms with Gasteiger partial charge in [0.05, 0.1) is 11.1 Å². The molecule has 0 saturated carbocycles. The zero-order valence-electron chi connectivity index (χ0n) is 10.7. The number of halogens is 2. The number of rotatable bonds is 5. The third-order valence-electron chi connectivity index (χ3n) is 2.30. The maximum Gasteiger partial charge on any atom is 0.327 e. The molecule has 0 aliphatic rings. The van der Waals surface area contributed by atoms with E-state index < -0.39 is 17.8 Å². The quantitative estimate of drug-likeness (QED) is 0.848. The average Bonchev–Trinajstić information content (AvgIpc) is 2.30. The molecule has 18 heavy (non-hydrogen) atoms. The lowest BCUT2D eigenvalue weighted by Gasteiger charge is -2.20. The number of esters is 1. The number of hydrogen-bond donors (Lipinski definition) is 1. The van der Waals surface area contributed by atoms with Gasteiger partial charge in [-0.3, -0.25) is 5.32 Å². The first-order valence-electron chi connectivity index (χ1n) is 5.83. The molecule has 0 heterocycles. The van der Waals surface area contributed by atoms with Crippen molar-refractivity contribution in [3.63, 3.8) is 0 Å². The molecule has 5 heteroatoms. The summed E-state index contributed by atoms with van der Waals surface area (Å²) in [5.41, 5.74) is 0.558. The maximum atomic E-state index is 13.5. The monoisotopic (exact) mass is 317 g/mol. The van der Waals surface area contributed by atoms with Crippen molar-refractivity contribution in [1.29, 1.82) is 0 Å². The number of nitrogens with one attached hydrogen (secondary N) is 1. The van der Waals surface area contributed by atoms with Gasteiger partial charge in [-0.1, -0.05) is 6.07 Å². The first kappa shape index (κ1) is 15.1. The van der Waals surface area contributed by atoms with Crippen LogP contribution in [0.15, 0.2) is 22.7 Å². The fourth-order valence-corrected chi connectivity index (χ4v) is 1.80. The summed E-state index contributed by atoms with van der Waals surface area (Å²) in [4.78, 5) is 11.9. The second-order valence-electron chi connectivity index (χ2n) is 4.18. The Hall–Kier alpha value is -0.940. The third kappa shape index (κ3) is 4.07. The summed E-state index contributed by atoms with van der Waals surface area (Å²) in [6, 6.07) is 4.06. The Kier molecular flexibility index (Phi) is 5.75. The van der Waals surface area contributed by atoms with Crippen LogP contribution in [-0.4, -0.2) is 18.6 Å². The Balaban J connectivity index is 3.00. The van der Waals surface area contributed by atoms with E-state index in [2.05, 4.69) is 21.2 Å². The fraction of sp³-hybridized carbons (Fsp3) is 0.462. The van der Waals surface area contributed by atoms with Gasteiger partial charge in [0.25, 0.3) is 0 Å². The summed E-state index contributed by atoms with van der Waals surface area (Å²) in [5, 5.41) is 3.07. The molecule has 0 fully saturated rings. The molecule has 1 unspecified atom stereocenters. The number of carbonyl (C=O) groups excluding carboxylic acids is 1. The molecule has 1 aromatic carbocycles. The van der Waals surface area contributed by atoms with Crippen molar-refractivity contribution in [3.8, 4) is 0 Å². The minimum Gasteiger partial charge on any atom is -0.465 e. The Morgan fingerprint density at radius 2 is 2.17 bits per heavy atom. The van der Waals surface area contributed by atoms with E-state index in [0.717, 1.165) is 0 Å². The van der Waals surface area contributed by atoms with Crippen LogP contribution in [0.4, 0.5) is 4.39 Å². The van der Waals surface area contributed by atoms with Crippen LogP contribution in [0.3, 0.4) is 0 Å². The van der Waals surface area contributed by atoms with Crippen LogP contribution in [-0.2, 0) is 9.53 Å². The molecule has 100 valence electrons. The highest BCUT2D eigenvalue weighted by Crippen LogP contribution is 2.22. The first-order valence-corrected chi connectivity index (χ1v) is 6.62. The molecular weight excluding hydrogens is 301 g/mol. The molecule has 1 rings (SSSR count). The van der Waals surface area contributed by atoms with E-state index in [0.29, 0.717) is 16.6 Å². The fourth-order valence-electron chi connectivity index (χ4n) is 1.55. The SMILES string of the molecule is CCOC(=O)C(NC(C)C)c1ccc(Br)c(F)c1. The number of hydrogen-bond acceptors (Lipinski definition) is 3. The Morgan fingerprint density at radius 3 is 2.67 bits per heavy atom. The summed E-state index contributed by atoms with van der Waals surface area (Å²) >= 11 is 3.09. The van der Waals surface area contributed by atoms with Gasteiger partial charge in [-0.25, -0.2) is 9.18 Å². The second kappa shape index (κ2) is 6.85. The molecule has 1 atom stereocenters. The largest absolute Gasteiger partial charge is 0.465 e. The van der Waals surface area contributed by atoms with Crippen LogP contribution in [0.25, 0.3) is 0 Å². The molecule has 0 aromatic heterocycles. The second-order valence-corrected chi connectivity index (χ2v) is 5.03. The minimum atomic E-state index is -0.646. The normalized spacial score (nSPS) is 12.6. The molecule has 0 saturated heterocycles. The maximum absolute atomic E-state index is 13.5. The highest BCUT2D eigenvalue weighted by molar-refractivity contribution is 9.10. The smallest absolute Gasteiger partial charge is 0.327 e. The van der Waals surface area contributed by atoms with Crippen LogP contribution in [0.2, 0.25) is 0 Å². The third-order valence-corrected chi connectivity index (χ3v) is 2.94. The average molecular weight is 318 g/mol. The summed E-state index contributed by atoms with van der Waals surface area (Å²) in [5.74, 6) is -0.791. The number of benzene rings is 1. The summed E-state index contributed by atoms with van der Waals surface area (Å²) in [6.45, 7) is 5.88. The molecule has 0 radical (unpaired) electrons. The predicted molar refractivity (Wildman–Crippen MR) is 71.7 cm³/mol. The Morgan fingerprint density at radius 1 is 1.50 bits per heavy atom. The van der Waals surface area contributed by atoms with E-state index >= 15 is 0 Å². The molecule has 0 spiro atoms. The van der Waals surface area contributed by atoms with Gasteiger partial charge in [-0.15, -0.1) is 0 Å². The van der Waals surface area contributed by atoms with Crippen LogP contribution < -0.4 is 5.32 Å². The van der Waals surface area contributed by atoms with E-state index in [1.807, 2.05) is 13.8 Å². The van der Waals surface area contributed by atoms with Gasteiger partial charge in [0.2, 0.25) is 0 Å². The number of ether oxygens (including phenoxy) is 1. The molecule has 0 amide bonds. The van der Waals surface area contributed by atoms with Crippen LogP contribution in [0.1, 0.15) is 32.4 Å². The highest BCUT2D eigenvalue weighted by Gasteiger charge is 2.23. The van der Waals surface area contributed by atoms with Crippen molar-refractivity contribution >= 4 is 21.9 Å². The van der Waals surface area contributed by atoms with Gasteiger partial charge in [0.1, 0.15) is 11.9 Å². The molecule has 0 aliphatic heterocycles. The lowest BCUT2D eigenvalue weighted by molar-refractivity contribution is -0.146. The van der Waals surface area contributed by atoms with E-state index in [9.17, 15) is 9.18 Å². The van der Waals surface area contributed by atoms with Crippen molar-refractivity contribution in [1.82, 2.24) is 5.32 Å². The summed E-state index contributed by atoms with van der Waals surface area (Å²) in [6.07, 6.45) is 0. The predicted octanol–water partition coefficient (Wildman–Crippen LogP) is 3.19. The first-order chi connectivity index (χ1) is 8.45. The molecule has 3 nitrogen and oxygen atoms in total. The summed E-state index contributed by atoms with van der Waals surface area (Å²) in [7, 11) is 0. The van der Waals surface area contributed by atoms with Crippen molar-refractivity contribution in [2.45, 2.75) is 32.9 Å². The van der Waals surface area contributed by atoms with E-state index in [1.54, 1.807) is 19.1 Å². The molecule has 1 aromatic rings. The zero-order valence-corrected chi connectivity index (χ0v) is 12.3. The van der Waals surface area contributed by atoms with Crippen molar-refractivity contribution in [2.75, 3.05) is 6.61 Å². The van der Waals surface area contributed by atoms with Gasteiger partial charge in [0.15, 0.2) is 0 Å². The van der Waals surface area contributed by atoms with Gasteiger partial charge < -0.3 is 4.74 Å². The van der Waals surface area contributed by atoms with E-state index in [-0.39, 0.29) is 6.04 Å². The van der Waals surface area contributed by atoms with Crippen molar-refractivity contribution < 1.29 is 13.9 Å². The zero-order chi connectivity index (χ0) is 13.7. The Bertz CT molecular complexity index is 423. The van der Waals surface area contributed by atoms with Crippen molar-refractivity contribution in [3.05, 3.63) is 34.1 Å². The lowest BCUT2D eigenvalue weighted by Crippen LogP contribution is -2.34. The molecular formula is C13H17BrFNO2. The van der Waals surface area contributed by atoms with Gasteiger partial charge in [0, 0.05) is 6.04 Å². The van der Waals surface area contributed by atoms with Gasteiger partial charge in [-0.05, 0) is 54.4 Å². The molecule has 0 aliphatic carbocycles. The van der Waals surface area contributed by atoms with E-state index in [1.165, 1.54) is 6.07 Å². The van der Waals surface area contributed by atoms with E-state index in [4.69, 9.17) is 4.74 Å². The van der Waals surface area contributed by atoms with Gasteiger partial charge in [-0.2, -0.15) is 0 Å². The lowest BCUT2D eigenvalue weighted by atomic mass is 10.1. The van der Waals surface area contributed by atoms with Crippen LogP contribution >= 0.6 is 15.9 Å². The Labute approximate surface area is 115 Å². The standard InChI is InChI=1S/C13H17BrFNO2/c1-4-18-13(17)12(16-8(2)3)9-5-6-10(14)11(15)7-9/h5-8,12,16H,4H2,1-3H3. The van der Waals surface area contributed by atoms with Crippen LogP contribution in [0.5, 0.6) is 0 Å². The minimum absolute atomic E-state index is 0.0890.